The number of H-pyrrole nitrogens is 1. The van der Waals surface area contributed by atoms with Gasteiger partial charge in [-0.25, -0.2) is 4.39 Å². The number of aryl methyl sites for hydroxylation is 1. The lowest BCUT2D eigenvalue weighted by Gasteiger charge is -2.37. The van der Waals surface area contributed by atoms with E-state index >= 15 is 0 Å². The quantitative estimate of drug-likeness (QED) is 0.867. The largest absolute Gasteiger partial charge is 0.380 e. The minimum Gasteiger partial charge on any atom is -0.380 e. The zero-order valence-corrected chi connectivity index (χ0v) is 15.9. The number of carbonyl (C=O) groups is 1. The van der Waals surface area contributed by atoms with Gasteiger partial charge in [0.2, 0.25) is 0 Å². The summed E-state index contributed by atoms with van der Waals surface area (Å²) in [7, 11) is 0. The molecule has 2 atom stereocenters. The fourth-order valence-electron chi connectivity index (χ4n) is 4.47. The summed E-state index contributed by atoms with van der Waals surface area (Å²) < 4.78 is 19.6. The highest BCUT2D eigenvalue weighted by atomic mass is 19.1. The molecule has 1 amide bonds. The number of aromatic nitrogens is 1. The van der Waals surface area contributed by atoms with Crippen molar-refractivity contribution in [2.75, 3.05) is 26.3 Å². The van der Waals surface area contributed by atoms with E-state index in [1.54, 1.807) is 12.1 Å². The number of fused-ring (bicyclic) bond motifs is 1. The van der Waals surface area contributed by atoms with Crippen LogP contribution in [0.2, 0.25) is 0 Å². The summed E-state index contributed by atoms with van der Waals surface area (Å²) in [6.07, 6.45) is 5.35. The van der Waals surface area contributed by atoms with Gasteiger partial charge in [-0.1, -0.05) is 6.07 Å². The Balaban J connectivity index is 1.43. The van der Waals surface area contributed by atoms with E-state index in [-0.39, 0.29) is 17.8 Å². The molecule has 2 N–H and O–H groups in total. The highest BCUT2D eigenvalue weighted by Crippen LogP contribution is 2.25. The second kappa shape index (κ2) is 7.98. The molecule has 6 heteroatoms. The lowest BCUT2D eigenvalue weighted by molar-refractivity contribution is 0.0876. The van der Waals surface area contributed by atoms with Crippen LogP contribution in [0.5, 0.6) is 0 Å². The van der Waals surface area contributed by atoms with Crippen LogP contribution in [0.4, 0.5) is 4.39 Å². The molecule has 1 aromatic carbocycles. The highest BCUT2D eigenvalue weighted by molar-refractivity contribution is 5.99. The summed E-state index contributed by atoms with van der Waals surface area (Å²) >= 11 is 0. The molecule has 4 rings (SSSR count). The SMILES string of the molecule is Cc1ccc(F)c2cc(C(=O)N[C@H]3CCC[C@H](N4CCCOCC4)C3)[nH]c12. The molecule has 1 aromatic heterocycles. The first kappa shape index (κ1) is 18.4. The summed E-state index contributed by atoms with van der Waals surface area (Å²) in [4.78, 5) is 18.4. The number of nitrogens with one attached hydrogen (secondary N) is 2. The van der Waals surface area contributed by atoms with Gasteiger partial charge in [-0.15, -0.1) is 0 Å². The summed E-state index contributed by atoms with van der Waals surface area (Å²) in [5.41, 5.74) is 2.07. The van der Waals surface area contributed by atoms with Crippen molar-refractivity contribution >= 4 is 16.8 Å². The fraction of sp³-hybridized carbons (Fsp3) is 0.571. The maximum atomic E-state index is 14.0. The number of amides is 1. The number of aromatic amines is 1. The van der Waals surface area contributed by atoms with E-state index in [1.165, 1.54) is 12.5 Å². The van der Waals surface area contributed by atoms with Crippen molar-refractivity contribution in [3.05, 3.63) is 35.3 Å². The van der Waals surface area contributed by atoms with Gasteiger partial charge >= 0.3 is 0 Å². The van der Waals surface area contributed by atoms with Crippen LogP contribution in [0.15, 0.2) is 18.2 Å². The zero-order valence-electron chi connectivity index (χ0n) is 15.9. The predicted octanol–water partition coefficient (Wildman–Crippen LogP) is 3.38. The van der Waals surface area contributed by atoms with Gasteiger partial charge < -0.3 is 15.0 Å². The third-order valence-corrected chi connectivity index (χ3v) is 5.95. The van der Waals surface area contributed by atoms with Crippen LogP contribution in [-0.2, 0) is 4.74 Å². The lowest BCUT2D eigenvalue weighted by atomic mass is 9.89. The average Bonchev–Trinajstić information content (AvgIpc) is 2.96. The van der Waals surface area contributed by atoms with Crippen LogP contribution in [0.25, 0.3) is 10.9 Å². The third-order valence-electron chi connectivity index (χ3n) is 5.95. The Bertz CT molecular complexity index is 772. The topological polar surface area (TPSA) is 57.4 Å². The molecule has 0 unspecified atom stereocenters. The number of nitrogens with zero attached hydrogens (tertiary/aromatic N) is 1. The van der Waals surface area contributed by atoms with Crippen LogP contribution in [0, 0.1) is 12.7 Å². The molecule has 146 valence electrons. The smallest absolute Gasteiger partial charge is 0.267 e. The van der Waals surface area contributed by atoms with E-state index in [0.717, 1.165) is 57.6 Å². The van der Waals surface area contributed by atoms with E-state index in [1.807, 2.05) is 6.92 Å². The van der Waals surface area contributed by atoms with Crippen molar-refractivity contribution < 1.29 is 13.9 Å². The van der Waals surface area contributed by atoms with Crippen molar-refractivity contribution in [2.45, 2.75) is 51.1 Å². The lowest BCUT2D eigenvalue weighted by Crippen LogP contribution is -2.46. The second-order valence-electron chi connectivity index (χ2n) is 7.83. The van der Waals surface area contributed by atoms with Crippen LogP contribution >= 0.6 is 0 Å². The van der Waals surface area contributed by atoms with Gasteiger partial charge in [-0.2, -0.15) is 0 Å². The Morgan fingerprint density at radius 3 is 3.00 bits per heavy atom. The van der Waals surface area contributed by atoms with Gasteiger partial charge in [0.05, 0.1) is 12.1 Å². The molecule has 0 radical (unpaired) electrons. The molecule has 5 nitrogen and oxygen atoms in total. The molecule has 1 aliphatic carbocycles. The summed E-state index contributed by atoms with van der Waals surface area (Å²) in [5, 5.41) is 3.65. The van der Waals surface area contributed by atoms with E-state index < -0.39 is 0 Å². The Kier molecular flexibility index (Phi) is 5.45. The molecule has 2 aliphatic rings. The van der Waals surface area contributed by atoms with E-state index in [4.69, 9.17) is 4.74 Å². The van der Waals surface area contributed by atoms with Crippen molar-refractivity contribution in [1.82, 2.24) is 15.2 Å². The molecule has 2 fully saturated rings. The Morgan fingerprint density at radius 2 is 2.15 bits per heavy atom. The highest BCUT2D eigenvalue weighted by Gasteiger charge is 2.28. The third kappa shape index (κ3) is 4.01. The van der Waals surface area contributed by atoms with E-state index in [0.29, 0.717) is 22.6 Å². The first-order valence-electron chi connectivity index (χ1n) is 10.0. The fourth-order valence-corrected chi connectivity index (χ4v) is 4.47. The van der Waals surface area contributed by atoms with Crippen molar-refractivity contribution in [2.24, 2.45) is 0 Å². The molecule has 1 aliphatic heterocycles. The molecule has 1 saturated carbocycles. The number of hydrogen-bond acceptors (Lipinski definition) is 3. The average molecular weight is 373 g/mol. The summed E-state index contributed by atoms with van der Waals surface area (Å²) in [6, 6.07) is 5.47. The molecule has 27 heavy (non-hydrogen) atoms. The van der Waals surface area contributed by atoms with Crippen molar-refractivity contribution in [3.63, 3.8) is 0 Å². The standard InChI is InChI=1S/C21H28FN3O2/c1-14-6-7-18(22)17-13-19(24-20(14)17)21(26)23-15-4-2-5-16(12-15)25-8-3-10-27-11-9-25/h6-7,13,15-16,24H,2-5,8-12H2,1H3,(H,23,26)/t15-,16-/m0/s1. The van der Waals surface area contributed by atoms with Gasteiger partial charge in [-0.3, -0.25) is 9.69 Å². The number of hydrogen-bond donors (Lipinski definition) is 2. The van der Waals surface area contributed by atoms with Crippen LogP contribution in [-0.4, -0.2) is 54.2 Å². The first-order valence-corrected chi connectivity index (χ1v) is 10.0. The molecule has 2 aromatic rings. The Labute approximate surface area is 159 Å². The monoisotopic (exact) mass is 373 g/mol. The first-order chi connectivity index (χ1) is 13.1. The van der Waals surface area contributed by atoms with Gasteiger partial charge in [-0.05, 0) is 56.7 Å². The summed E-state index contributed by atoms with van der Waals surface area (Å²) in [6.45, 7) is 5.61. The molecular weight excluding hydrogens is 345 g/mol. The minimum absolute atomic E-state index is 0.144. The van der Waals surface area contributed by atoms with Crippen LogP contribution in [0.3, 0.4) is 0 Å². The number of benzene rings is 1. The number of rotatable bonds is 3. The maximum absolute atomic E-state index is 14.0. The molecule has 0 bridgehead atoms. The second-order valence-corrected chi connectivity index (χ2v) is 7.83. The number of halogens is 1. The Hall–Kier alpha value is -1.92. The van der Waals surface area contributed by atoms with Crippen molar-refractivity contribution in [1.29, 1.82) is 0 Å². The molecule has 2 heterocycles. The van der Waals surface area contributed by atoms with Crippen LogP contribution < -0.4 is 5.32 Å². The number of carbonyl (C=O) groups excluding carboxylic acids is 1. The van der Waals surface area contributed by atoms with E-state index in [9.17, 15) is 9.18 Å². The normalized spacial score (nSPS) is 24.7. The maximum Gasteiger partial charge on any atom is 0.267 e. The molecule has 1 saturated heterocycles. The van der Waals surface area contributed by atoms with Gasteiger partial charge in [0.15, 0.2) is 0 Å². The Morgan fingerprint density at radius 1 is 1.26 bits per heavy atom. The van der Waals surface area contributed by atoms with Crippen molar-refractivity contribution in [3.8, 4) is 0 Å². The van der Waals surface area contributed by atoms with Gasteiger partial charge in [0, 0.05) is 37.2 Å². The van der Waals surface area contributed by atoms with Gasteiger partial charge in [0.1, 0.15) is 11.5 Å². The van der Waals surface area contributed by atoms with E-state index in [2.05, 4.69) is 15.2 Å². The molecule has 0 spiro atoms. The van der Waals surface area contributed by atoms with Crippen LogP contribution in [0.1, 0.15) is 48.2 Å². The van der Waals surface area contributed by atoms with Gasteiger partial charge in [0.25, 0.3) is 5.91 Å². The minimum atomic E-state index is -0.299. The zero-order chi connectivity index (χ0) is 18.8. The predicted molar refractivity (Wildman–Crippen MR) is 104 cm³/mol. The number of ether oxygens (including phenoxy) is 1. The molecular formula is C21H28FN3O2. The summed E-state index contributed by atoms with van der Waals surface area (Å²) in [5.74, 6) is -0.443.